The normalized spacial score (nSPS) is 16.8. The third kappa shape index (κ3) is 2.76. The van der Waals surface area contributed by atoms with Crippen LogP contribution in [0.3, 0.4) is 0 Å². The smallest absolute Gasteiger partial charge is 0.239 e. The topological polar surface area (TPSA) is 72.5 Å². The molecule has 0 unspecified atom stereocenters. The Labute approximate surface area is 110 Å². The van der Waals surface area contributed by atoms with Crippen molar-refractivity contribution in [2.24, 2.45) is 0 Å². The second-order valence-electron chi connectivity index (χ2n) is 3.86. The van der Waals surface area contributed by atoms with Crippen LogP contribution in [0.25, 0.3) is 0 Å². The number of nitrogens with one attached hydrogen (secondary N) is 1. The van der Waals surface area contributed by atoms with Crippen molar-refractivity contribution in [2.45, 2.75) is 11.3 Å². The maximum absolute atomic E-state index is 11.8. The lowest BCUT2D eigenvalue weighted by atomic mass is 10.3. The first-order chi connectivity index (χ1) is 8.53. The molecule has 0 spiro atoms. The van der Waals surface area contributed by atoms with Gasteiger partial charge in [-0.05, 0) is 18.6 Å². The van der Waals surface area contributed by atoms with Crippen molar-refractivity contribution in [1.29, 1.82) is 0 Å². The van der Waals surface area contributed by atoms with Gasteiger partial charge in [0.1, 0.15) is 11.5 Å². The molecular weight excluding hydrogens is 278 g/mol. The monoisotopic (exact) mass is 289 g/mol. The SMILES string of the molecule is O=C1CS(=O)(=O)c2cc(OCCCCl)ccc2N1. The molecule has 1 amide bonds. The molecule has 1 aromatic rings. The van der Waals surface area contributed by atoms with Gasteiger partial charge in [0.15, 0.2) is 9.84 Å². The zero-order valence-corrected chi connectivity index (χ0v) is 11.1. The predicted octanol–water partition coefficient (Wildman–Crippen LogP) is 1.42. The number of halogens is 1. The first-order valence-electron chi connectivity index (χ1n) is 5.38. The minimum atomic E-state index is -3.56. The maximum atomic E-state index is 11.8. The molecule has 0 saturated heterocycles. The Balaban J connectivity index is 2.28. The van der Waals surface area contributed by atoms with Crippen LogP contribution in [0.4, 0.5) is 5.69 Å². The minimum absolute atomic E-state index is 0.102. The van der Waals surface area contributed by atoms with Crippen LogP contribution in [0.1, 0.15) is 6.42 Å². The Kier molecular flexibility index (Phi) is 3.77. The number of sulfone groups is 1. The van der Waals surface area contributed by atoms with Crippen LogP contribution >= 0.6 is 11.6 Å². The van der Waals surface area contributed by atoms with Crippen molar-refractivity contribution in [2.75, 3.05) is 23.6 Å². The fourth-order valence-electron chi connectivity index (χ4n) is 1.63. The zero-order chi connectivity index (χ0) is 13.2. The summed E-state index contributed by atoms with van der Waals surface area (Å²) in [7, 11) is -3.56. The fourth-order valence-corrected chi connectivity index (χ4v) is 3.07. The molecule has 0 bridgehead atoms. The van der Waals surface area contributed by atoms with E-state index in [9.17, 15) is 13.2 Å². The number of benzene rings is 1. The van der Waals surface area contributed by atoms with Gasteiger partial charge in [-0.2, -0.15) is 0 Å². The van der Waals surface area contributed by atoms with Crippen molar-refractivity contribution in [3.63, 3.8) is 0 Å². The lowest BCUT2D eigenvalue weighted by Crippen LogP contribution is -2.29. The Morgan fingerprint density at radius 2 is 2.17 bits per heavy atom. The highest BCUT2D eigenvalue weighted by atomic mass is 35.5. The highest BCUT2D eigenvalue weighted by Gasteiger charge is 2.28. The highest BCUT2D eigenvalue weighted by molar-refractivity contribution is 7.92. The number of hydrogen-bond acceptors (Lipinski definition) is 4. The van der Waals surface area contributed by atoms with Gasteiger partial charge in [0, 0.05) is 11.9 Å². The first-order valence-corrected chi connectivity index (χ1v) is 7.57. The summed E-state index contributed by atoms with van der Waals surface area (Å²) in [6.45, 7) is 0.425. The number of anilines is 1. The summed E-state index contributed by atoms with van der Waals surface area (Å²) < 4.78 is 29.0. The molecule has 5 nitrogen and oxygen atoms in total. The molecule has 0 saturated carbocycles. The number of carbonyl (C=O) groups is 1. The summed E-state index contributed by atoms with van der Waals surface area (Å²) in [4.78, 5) is 11.3. The van der Waals surface area contributed by atoms with E-state index in [0.29, 0.717) is 30.3 Å². The lowest BCUT2D eigenvalue weighted by Gasteiger charge is -2.18. The van der Waals surface area contributed by atoms with E-state index in [2.05, 4.69) is 5.32 Å². The predicted molar refractivity (Wildman–Crippen MR) is 68.0 cm³/mol. The molecule has 98 valence electrons. The molecule has 0 atom stereocenters. The Morgan fingerprint density at radius 3 is 2.89 bits per heavy atom. The number of ether oxygens (including phenoxy) is 1. The van der Waals surface area contributed by atoms with Gasteiger partial charge in [0.2, 0.25) is 5.91 Å². The Morgan fingerprint density at radius 1 is 1.39 bits per heavy atom. The summed E-state index contributed by atoms with van der Waals surface area (Å²) in [6.07, 6.45) is 0.683. The van der Waals surface area contributed by atoms with Crippen LogP contribution in [0.5, 0.6) is 5.75 Å². The summed E-state index contributed by atoms with van der Waals surface area (Å²) in [5.74, 6) is -0.0957. The van der Waals surface area contributed by atoms with Gasteiger partial charge in [-0.1, -0.05) is 0 Å². The van der Waals surface area contributed by atoms with Crippen molar-refractivity contribution < 1.29 is 17.9 Å². The minimum Gasteiger partial charge on any atom is -0.494 e. The fraction of sp³-hybridized carbons (Fsp3) is 0.364. The molecule has 1 aromatic carbocycles. The van der Waals surface area contributed by atoms with Crippen molar-refractivity contribution in [1.82, 2.24) is 0 Å². The molecule has 1 aliphatic rings. The van der Waals surface area contributed by atoms with Gasteiger partial charge in [0.25, 0.3) is 0 Å². The quantitative estimate of drug-likeness (QED) is 0.672. The third-order valence-electron chi connectivity index (χ3n) is 2.43. The first kappa shape index (κ1) is 13.2. The molecule has 2 rings (SSSR count). The van der Waals surface area contributed by atoms with Gasteiger partial charge < -0.3 is 10.1 Å². The Hall–Kier alpha value is -1.27. The van der Waals surface area contributed by atoms with Crippen LogP contribution in [-0.2, 0) is 14.6 Å². The van der Waals surface area contributed by atoms with Crippen LogP contribution in [-0.4, -0.2) is 32.6 Å². The average Bonchev–Trinajstić information content (AvgIpc) is 2.29. The van der Waals surface area contributed by atoms with Gasteiger partial charge >= 0.3 is 0 Å². The van der Waals surface area contributed by atoms with Crippen molar-refractivity contribution in [3.8, 4) is 5.75 Å². The highest BCUT2D eigenvalue weighted by Crippen LogP contribution is 2.30. The van der Waals surface area contributed by atoms with Gasteiger partial charge in [-0.15, -0.1) is 11.6 Å². The van der Waals surface area contributed by atoms with E-state index in [4.69, 9.17) is 16.3 Å². The average molecular weight is 290 g/mol. The van der Waals surface area contributed by atoms with E-state index >= 15 is 0 Å². The van der Waals surface area contributed by atoms with Crippen molar-refractivity contribution in [3.05, 3.63) is 18.2 Å². The second kappa shape index (κ2) is 5.16. The second-order valence-corrected chi connectivity index (χ2v) is 6.19. The molecule has 1 heterocycles. The van der Waals surface area contributed by atoms with E-state index < -0.39 is 21.5 Å². The van der Waals surface area contributed by atoms with E-state index in [1.807, 2.05) is 0 Å². The molecule has 0 fully saturated rings. The van der Waals surface area contributed by atoms with E-state index in [0.717, 1.165) is 0 Å². The van der Waals surface area contributed by atoms with Crippen LogP contribution < -0.4 is 10.1 Å². The van der Waals surface area contributed by atoms with E-state index in [-0.39, 0.29) is 4.90 Å². The molecule has 0 aromatic heterocycles. The number of alkyl halides is 1. The molecule has 1 aliphatic heterocycles. The molecule has 0 aliphatic carbocycles. The van der Waals surface area contributed by atoms with E-state index in [1.54, 1.807) is 6.07 Å². The zero-order valence-electron chi connectivity index (χ0n) is 9.48. The van der Waals surface area contributed by atoms with Crippen LogP contribution in [0.2, 0.25) is 0 Å². The molecule has 1 N–H and O–H groups in total. The standard InChI is InChI=1S/C11H12ClNO4S/c12-4-1-5-17-8-2-3-9-10(6-8)18(15,16)7-11(14)13-9/h2-3,6H,1,4-5,7H2,(H,13,14). The maximum Gasteiger partial charge on any atom is 0.239 e. The molecule has 7 heteroatoms. The summed E-state index contributed by atoms with van der Waals surface area (Å²) in [5.41, 5.74) is 0.302. The summed E-state index contributed by atoms with van der Waals surface area (Å²) >= 11 is 5.52. The Bertz CT molecular complexity index is 570. The lowest BCUT2D eigenvalue weighted by molar-refractivity contribution is -0.114. The number of hydrogen-bond donors (Lipinski definition) is 1. The number of fused-ring (bicyclic) bond motifs is 1. The van der Waals surface area contributed by atoms with Crippen LogP contribution in [0, 0.1) is 0 Å². The largest absolute Gasteiger partial charge is 0.494 e. The van der Waals surface area contributed by atoms with Crippen LogP contribution in [0.15, 0.2) is 23.1 Å². The number of amides is 1. The molecule has 18 heavy (non-hydrogen) atoms. The third-order valence-corrected chi connectivity index (χ3v) is 4.35. The van der Waals surface area contributed by atoms with Gasteiger partial charge in [0.05, 0.1) is 17.2 Å². The van der Waals surface area contributed by atoms with Gasteiger partial charge in [-0.3, -0.25) is 4.79 Å². The number of rotatable bonds is 4. The molecular formula is C11H12ClNO4S. The molecule has 0 radical (unpaired) electrons. The van der Waals surface area contributed by atoms with E-state index in [1.165, 1.54) is 12.1 Å². The summed E-state index contributed by atoms with van der Waals surface area (Å²) in [5, 5.41) is 2.52. The number of carbonyl (C=O) groups excluding carboxylic acids is 1. The van der Waals surface area contributed by atoms with Crippen molar-refractivity contribution >= 4 is 33.0 Å². The summed E-state index contributed by atoms with van der Waals surface area (Å²) in [6, 6.07) is 4.58. The van der Waals surface area contributed by atoms with Gasteiger partial charge in [-0.25, -0.2) is 8.42 Å².